The maximum Gasteiger partial charge on any atom is 0.414 e. The minimum Gasteiger partial charge on any atom is -0.494 e. The fraction of sp³-hybridized carbons (Fsp3) is 0.421. The molecule has 1 aromatic carbocycles. The number of urea groups is 1. The number of aliphatic carboxylic acids is 2. The molecule has 2 aromatic rings. The molecule has 0 aliphatic carbocycles. The van der Waals surface area contributed by atoms with Crippen molar-refractivity contribution < 1.29 is 43.2 Å². The maximum absolute atomic E-state index is 11.9. The number of rotatable bonds is 7. The lowest BCUT2D eigenvalue weighted by molar-refractivity contribution is -0.159. The van der Waals surface area contributed by atoms with Crippen molar-refractivity contribution in [1.29, 1.82) is 0 Å². The van der Waals surface area contributed by atoms with Gasteiger partial charge in [0, 0.05) is 13.6 Å². The number of furan rings is 1. The third kappa shape index (κ3) is 5.69. The van der Waals surface area contributed by atoms with Crippen molar-refractivity contribution >= 4 is 34.6 Å². The summed E-state index contributed by atoms with van der Waals surface area (Å²) in [7, 11) is 4.61. The number of carbonyl (C=O) groups excluding carboxylic acids is 1. The number of likely N-dealkylation sites (tertiary alicyclic amines) is 1. The van der Waals surface area contributed by atoms with Gasteiger partial charge in [-0.25, -0.2) is 14.4 Å². The Kier molecular flexibility index (Phi) is 8.32. The molecule has 1 fully saturated rings. The van der Waals surface area contributed by atoms with Crippen molar-refractivity contribution in [3.63, 3.8) is 0 Å². The third-order valence-corrected chi connectivity index (χ3v) is 4.44. The van der Waals surface area contributed by atoms with Crippen molar-refractivity contribution in [3.8, 4) is 17.2 Å². The lowest BCUT2D eigenvalue weighted by Gasteiger charge is -2.30. The first-order valence-corrected chi connectivity index (χ1v) is 9.29. The topological polar surface area (TPSA) is 160 Å². The Bertz CT molecular complexity index is 925. The molecule has 170 valence electrons. The average molecular weight is 439 g/mol. The van der Waals surface area contributed by atoms with Gasteiger partial charge in [0.25, 0.3) is 0 Å². The third-order valence-electron chi connectivity index (χ3n) is 4.44. The van der Waals surface area contributed by atoms with E-state index in [0.717, 1.165) is 19.6 Å². The molecule has 0 radical (unpaired) electrons. The van der Waals surface area contributed by atoms with Gasteiger partial charge < -0.3 is 39.5 Å². The zero-order valence-corrected chi connectivity index (χ0v) is 17.4. The number of carboxylic acids is 2. The van der Waals surface area contributed by atoms with Gasteiger partial charge in [0.05, 0.1) is 25.9 Å². The van der Waals surface area contributed by atoms with E-state index in [2.05, 4.69) is 15.5 Å². The van der Waals surface area contributed by atoms with Crippen molar-refractivity contribution in [3.05, 3.63) is 12.3 Å². The minimum absolute atomic E-state index is 0.379. The standard InChI is InChI=1S/C17H23N3O5.C2H2O4/c1-18-17(21)19-12-13(22-2)11-5-9-24-14(11)16(23-3)15(12)25-10-8-20-6-4-7-20;3-1(4)2(5)6/h5,9H,4,6-8,10H2,1-3H3,(H2,18,19,21);(H,3,4)(H,5,6). The number of fused-ring (bicyclic) bond motifs is 1. The van der Waals surface area contributed by atoms with Gasteiger partial charge in [0.15, 0.2) is 17.1 Å². The van der Waals surface area contributed by atoms with E-state index >= 15 is 0 Å². The van der Waals surface area contributed by atoms with Crippen LogP contribution in [0.1, 0.15) is 6.42 Å². The van der Waals surface area contributed by atoms with Crippen LogP contribution in [-0.4, -0.2) is 80.6 Å². The number of hydrogen-bond donors (Lipinski definition) is 4. The van der Waals surface area contributed by atoms with Crippen LogP contribution >= 0.6 is 0 Å². The molecule has 0 saturated carbocycles. The van der Waals surface area contributed by atoms with Crippen LogP contribution in [0.15, 0.2) is 16.7 Å². The molecule has 3 rings (SSSR count). The van der Waals surface area contributed by atoms with Gasteiger partial charge in [-0.15, -0.1) is 0 Å². The molecule has 1 aromatic heterocycles. The first-order valence-electron chi connectivity index (χ1n) is 9.29. The van der Waals surface area contributed by atoms with Crippen LogP contribution in [0.2, 0.25) is 0 Å². The summed E-state index contributed by atoms with van der Waals surface area (Å²) in [6, 6.07) is 1.38. The Morgan fingerprint density at radius 3 is 2.23 bits per heavy atom. The van der Waals surface area contributed by atoms with Crippen molar-refractivity contribution in [2.45, 2.75) is 6.42 Å². The summed E-state index contributed by atoms with van der Waals surface area (Å²) in [5, 5.41) is 20.8. The summed E-state index contributed by atoms with van der Waals surface area (Å²) >= 11 is 0. The minimum atomic E-state index is -1.82. The van der Waals surface area contributed by atoms with E-state index in [1.54, 1.807) is 19.4 Å². The number of amides is 2. The molecule has 0 atom stereocenters. The van der Waals surface area contributed by atoms with E-state index < -0.39 is 11.9 Å². The summed E-state index contributed by atoms with van der Waals surface area (Å²) in [5.41, 5.74) is 0.928. The Hall–Kier alpha value is -3.67. The van der Waals surface area contributed by atoms with Gasteiger partial charge in [-0.2, -0.15) is 0 Å². The van der Waals surface area contributed by atoms with Crippen molar-refractivity contribution in [2.24, 2.45) is 0 Å². The molecule has 12 heteroatoms. The van der Waals surface area contributed by atoms with Gasteiger partial charge in [-0.1, -0.05) is 0 Å². The number of nitrogens with one attached hydrogen (secondary N) is 2. The SMILES string of the molecule is CNC(=O)Nc1c(OCCN2CCC2)c(OC)c2occc2c1OC.O=C(O)C(=O)O. The summed E-state index contributed by atoms with van der Waals surface area (Å²) in [6.45, 7) is 3.45. The second-order valence-electron chi connectivity index (χ2n) is 6.29. The van der Waals surface area contributed by atoms with Gasteiger partial charge in [0.1, 0.15) is 12.3 Å². The fourth-order valence-corrected chi connectivity index (χ4v) is 2.83. The molecular weight excluding hydrogens is 414 g/mol. The number of methoxy groups -OCH3 is 2. The number of carboxylic acid groups (broad SMARTS) is 2. The van der Waals surface area contributed by atoms with Crippen LogP contribution in [0.4, 0.5) is 10.5 Å². The molecular formula is C19H25N3O9. The highest BCUT2D eigenvalue weighted by molar-refractivity contribution is 6.27. The Balaban J connectivity index is 0.000000501. The molecule has 2 amide bonds. The van der Waals surface area contributed by atoms with E-state index in [1.807, 2.05) is 0 Å². The van der Waals surface area contributed by atoms with Gasteiger partial charge >= 0.3 is 18.0 Å². The van der Waals surface area contributed by atoms with Crippen LogP contribution in [0, 0.1) is 0 Å². The van der Waals surface area contributed by atoms with Gasteiger partial charge in [0.2, 0.25) is 5.75 Å². The van der Waals surface area contributed by atoms with Crippen LogP contribution < -0.4 is 24.8 Å². The summed E-state index contributed by atoms with van der Waals surface area (Å²) in [4.78, 5) is 32.4. The smallest absolute Gasteiger partial charge is 0.414 e. The Labute approximate surface area is 177 Å². The van der Waals surface area contributed by atoms with E-state index in [9.17, 15) is 4.79 Å². The van der Waals surface area contributed by atoms with Crippen molar-refractivity contribution in [2.75, 3.05) is 52.8 Å². The molecule has 0 spiro atoms. The first kappa shape index (κ1) is 23.6. The molecule has 4 N–H and O–H groups in total. The number of ether oxygens (including phenoxy) is 3. The first-order chi connectivity index (χ1) is 14.8. The monoisotopic (exact) mass is 439 g/mol. The van der Waals surface area contributed by atoms with Crippen molar-refractivity contribution in [1.82, 2.24) is 10.2 Å². The van der Waals surface area contributed by atoms with E-state index in [4.69, 9.17) is 38.4 Å². The quantitative estimate of drug-likeness (QED) is 0.465. The second kappa shape index (κ2) is 10.9. The van der Waals surface area contributed by atoms with Crippen LogP contribution in [0.25, 0.3) is 11.0 Å². The number of benzene rings is 1. The predicted octanol–water partition coefficient (Wildman–Crippen LogP) is 1.44. The van der Waals surface area contributed by atoms with E-state index in [-0.39, 0.29) is 6.03 Å². The molecule has 0 bridgehead atoms. The highest BCUT2D eigenvalue weighted by Crippen LogP contribution is 2.49. The Morgan fingerprint density at radius 1 is 1.10 bits per heavy atom. The zero-order chi connectivity index (χ0) is 23.0. The number of nitrogens with zero attached hydrogens (tertiary/aromatic N) is 1. The second-order valence-corrected chi connectivity index (χ2v) is 6.29. The van der Waals surface area contributed by atoms with Gasteiger partial charge in [-0.3, -0.25) is 4.90 Å². The normalized spacial score (nSPS) is 12.7. The van der Waals surface area contributed by atoms with E-state index in [1.165, 1.54) is 20.6 Å². The number of carbonyl (C=O) groups is 3. The lowest BCUT2D eigenvalue weighted by atomic mass is 10.1. The highest BCUT2D eigenvalue weighted by Gasteiger charge is 2.26. The molecule has 0 unspecified atom stereocenters. The molecule has 1 aliphatic rings. The predicted molar refractivity (Wildman–Crippen MR) is 109 cm³/mol. The molecule has 31 heavy (non-hydrogen) atoms. The van der Waals surface area contributed by atoms with Gasteiger partial charge in [-0.05, 0) is 25.6 Å². The fourth-order valence-electron chi connectivity index (χ4n) is 2.83. The molecule has 2 heterocycles. The highest BCUT2D eigenvalue weighted by atomic mass is 16.5. The van der Waals surface area contributed by atoms with E-state index in [0.29, 0.717) is 40.5 Å². The molecule has 1 saturated heterocycles. The maximum atomic E-state index is 11.9. The summed E-state index contributed by atoms with van der Waals surface area (Å²) in [6.07, 6.45) is 2.77. The Morgan fingerprint density at radius 2 is 1.74 bits per heavy atom. The molecule has 1 aliphatic heterocycles. The van der Waals surface area contributed by atoms with Crippen LogP contribution in [0.5, 0.6) is 17.2 Å². The average Bonchev–Trinajstić information content (AvgIpc) is 3.19. The van der Waals surface area contributed by atoms with Crippen LogP contribution in [-0.2, 0) is 9.59 Å². The summed E-state index contributed by atoms with van der Waals surface area (Å²) in [5.74, 6) is -2.36. The number of hydrogen-bond acceptors (Lipinski definition) is 8. The molecule has 12 nitrogen and oxygen atoms in total. The number of anilines is 1. The summed E-state index contributed by atoms with van der Waals surface area (Å²) < 4.78 is 22.6. The van der Waals surface area contributed by atoms with Crippen LogP contribution in [0.3, 0.4) is 0 Å². The largest absolute Gasteiger partial charge is 0.494 e. The lowest BCUT2D eigenvalue weighted by Crippen LogP contribution is -2.39. The zero-order valence-electron chi connectivity index (χ0n) is 17.4.